The minimum atomic E-state index is -1.43. The highest BCUT2D eigenvalue weighted by Crippen LogP contribution is 2.20. The molecule has 0 saturated carbocycles. The highest BCUT2D eigenvalue weighted by molar-refractivity contribution is 6.95. The highest BCUT2D eigenvalue weighted by atomic mass is 28.3. The first-order valence-electron chi connectivity index (χ1n) is 8.09. The van der Waals surface area contributed by atoms with Crippen LogP contribution in [0, 0.1) is 12.1 Å². The third-order valence-electron chi connectivity index (χ3n) is 4.26. The van der Waals surface area contributed by atoms with Crippen molar-refractivity contribution in [3.8, 4) is 0 Å². The standard InChI is InChI=1S/C22H22Si/c1-22(2,3)18-14-16-21(17-15-18)23(19-10-6-4-7-11-19)20-12-8-5-9-13-20/h4,6-8,10-17,23H,1-3H3. The summed E-state index contributed by atoms with van der Waals surface area (Å²) in [4.78, 5) is 0. The molecule has 0 aromatic heterocycles. The molecule has 1 heteroatoms. The largest absolute Gasteiger partial charge is 0.133 e. The molecule has 0 fully saturated rings. The third kappa shape index (κ3) is 3.55. The molecular formula is C22H22Si. The molecule has 0 bridgehead atoms. The Bertz CT molecular complexity index is 698. The summed E-state index contributed by atoms with van der Waals surface area (Å²) < 4.78 is 0. The minimum Gasteiger partial charge on any atom is -0.0703 e. The van der Waals surface area contributed by atoms with Crippen molar-refractivity contribution in [3.05, 3.63) is 90.5 Å². The number of benzene rings is 2. The molecule has 0 heterocycles. The second-order valence-electron chi connectivity index (χ2n) is 6.98. The van der Waals surface area contributed by atoms with Crippen molar-refractivity contribution in [2.45, 2.75) is 26.2 Å². The van der Waals surface area contributed by atoms with E-state index in [4.69, 9.17) is 0 Å². The molecule has 0 nitrogen and oxygen atoms in total. The van der Waals surface area contributed by atoms with E-state index in [1.54, 1.807) is 0 Å². The van der Waals surface area contributed by atoms with Crippen molar-refractivity contribution < 1.29 is 0 Å². The molecule has 3 aromatic rings. The van der Waals surface area contributed by atoms with Crippen molar-refractivity contribution in [3.63, 3.8) is 0 Å². The predicted molar refractivity (Wildman–Crippen MR) is 102 cm³/mol. The summed E-state index contributed by atoms with van der Waals surface area (Å²) in [5.74, 6) is 0. The van der Waals surface area contributed by atoms with Crippen LogP contribution in [-0.4, -0.2) is 8.80 Å². The molecule has 3 rings (SSSR count). The lowest BCUT2D eigenvalue weighted by Gasteiger charge is -2.21. The zero-order valence-corrected chi connectivity index (χ0v) is 15.2. The first kappa shape index (κ1) is 15.6. The van der Waals surface area contributed by atoms with Crippen LogP contribution in [0.5, 0.6) is 0 Å². The van der Waals surface area contributed by atoms with Gasteiger partial charge in [-0.15, -0.1) is 0 Å². The zero-order valence-electron chi connectivity index (χ0n) is 14.0. The van der Waals surface area contributed by atoms with Gasteiger partial charge in [-0.1, -0.05) is 104 Å². The molecule has 114 valence electrons. The van der Waals surface area contributed by atoms with Gasteiger partial charge in [0.2, 0.25) is 0 Å². The molecule has 0 radical (unpaired) electrons. The fraction of sp³-hybridized carbons (Fsp3) is 0.182. The second-order valence-corrected chi connectivity index (χ2v) is 9.85. The number of hydrogen-bond acceptors (Lipinski definition) is 0. The van der Waals surface area contributed by atoms with Crippen molar-refractivity contribution in [1.82, 2.24) is 0 Å². The Morgan fingerprint density at radius 1 is 0.696 bits per heavy atom. The maximum Gasteiger partial charge on any atom is 0.133 e. The van der Waals surface area contributed by atoms with Crippen LogP contribution < -0.4 is 15.6 Å². The molecule has 0 N–H and O–H groups in total. The van der Waals surface area contributed by atoms with Crippen LogP contribution in [0.2, 0.25) is 0 Å². The van der Waals surface area contributed by atoms with E-state index in [0.717, 1.165) is 0 Å². The molecule has 1 atom stereocenters. The molecule has 1 unspecified atom stereocenters. The maximum atomic E-state index is 3.13. The summed E-state index contributed by atoms with van der Waals surface area (Å²) in [6, 6.07) is 32.5. The van der Waals surface area contributed by atoms with Crippen molar-refractivity contribution in [2.24, 2.45) is 0 Å². The summed E-state index contributed by atoms with van der Waals surface area (Å²) in [7, 11) is -1.43. The highest BCUT2D eigenvalue weighted by Gasteiger charge is 2.20. The van der Waals surface area contributed by atoms with Crippen LogP contribution in [0.15, 0.2) is 72.8 Å². The van der Waals surface area contributed by atoms with Gasteiger partial charge in [-0.05, 0) is 28.3 Å². The van der Waals surface area contributed by atoms with Gasteiger partial charge in [0.1, 0.15) is 8.80 Å². The van der Waals surface area contributed by atoms with Crippen LogP contribution in [0.3, 0.4) is 0 Å². The summed E-state index contributed by atoms with van der Waals surface area (Å²) in [5.41, 5.74) is 1.58. The Kier molecular flexibility index (Phi) is 4.36. The minimum absolute atomic E-state index is 0.192. The number of hydrogen-bond donors (Lipinski definition) is 0. The van der Waals surface area contributed by atoms with Crippen LogP contribution in [0.25, 0.3) is 0 Å². The van der Waals surface area contributed by atoms with Gasteiger partial charge in [0.25, 0.3) is 0 Å². The van der Waals surface area contributed by atoms with Gasteiger partial charge in [-0.25, -0.2) is 0 Å². The van der Waals surface area contributed by atoms with Gasteiger partial charge in [-0.2, -0.15) is 0 Å². The molecule has 0 aliphatic carbocycles. The molecule has 0 saturated heterocycles. The van der Waals surface area contributed by atoms with E-state index in [9.17, 15) is 0 Å². The normalized spacial score (nSPS) is 11.3. The lowest BCUT2D eigenvalue weighted by Crippen LogP contribution is -2.51. The monoisotopic (exact) mass is 314 g/mol. The van der Waals surface area contributed by atoms with Gasteiger partial charge in [0.15, 0.2) is 0 Å². The molecule has 0 amide bonds. The Labute approximate surface area is 141 Å². The van der Waals surface area contributed by atoms with E-state index < -0.39 is 8.80 Å². The zero-order chi connectivity index (χ0) is 16.3. The van der Waals surface area contributed by atoms with Gasteiger partial charge >= 0.3 is 0 Å². The Morgan fingerprint density at radius 2 is 1.35 bits per heavy atom. The molecular weight excluding hydrogens is 292 g/mol. The van der Waals surface area contributed by atoms with Gasteiger partial charge in [-0.3, -0.25) is 0 Å². The fourth-order valence-corrected chi connectivity index (χ4v) is 5.81. The second kappa shape index (κ2) is 6.44. The molecule has 23 heavy (non-hydrogen) atoms. The van der Waals surface area contributed by atoms with Gasteiger partial charge < -0.3 is 0 Å². The number of rotatable bonds is 3. The summed E-state index contributed by atoms with van der Waals surface area (Å²) in [6.45, 7) is 6.78. The van der Waals surface area contributed by atoms with E-state index in [1.807, 2.05) is 6.07 Å². The van der Waals surface area contributed by atoms with Crippen molar-refractivity contribution in [1.29, 1.82) is 0 Å². The van der Waals surface area contributed by atoms with E-state index in [-0.39, 0.29) is 5.41 Å². The predicted octanol–water partition coefficient (Wildman–Crippen LogP) is 2.83. The third-order valence-corrected chi connectivity index (χ3v) is 7.39. The lowest BCUT2D eigenvalue weighted by molar-refractivity contribution is 0.590. The first-order chi connectivity index (χ1) is 11.1. The van der Waals surface area contributed by atoms with E-state index in [1.165, 1.54) is 21.1 Å². The topological polar surface area (TPSA) is 0 Å². The van der Waals surface area contributed by atoms with Crippen molar-refractivity contribution in [2.75, 3.05) is 0 Å². The smallest absolute Gasteiger partial charge is 0.0703 e. The quantitative estimate of drug-likeness (QED) is 0.652. The average Bonchev–Trinajstić information content (AvgIpc) is 2.57. The summed E-state index contributed by atoms with van der Waals surface area (Å²) in [5, 5.41) is 4.28. The van der Waals surface area contributed by atoms with Crippen LogP contribution >= 0.6 is 0 Å². The Hall–Kier alpha value is -2.30. The average molecular weight is 315 g/mol. The first-order valence-corrected chi connectivity index (χ1v) is 9.82. The summed E-state index contributed by atoms with van der Waals surface area (Å²) >= 11 is 0. The maximum absolute atomic E-state index is 3.13. The van der Waals surface area contributed by atoms with Crippen LogP contribution in [0.1, 0.15) is 26.3 Å². The fourth-order valence-electron chi connectivity index (χ4n) is 2.94. The SMILES string of the molecule is CC(C)(C)c1ccc([SiH](c2cc#ccc2)c2ccccc2)cc1. The molecule has 0 aliphatic heterocycles. The van der Waals surface area contributed by atoms with Crippen LogP contribution in [-0.2, 0) is 5.41 Å². The van der Waals surface area contributed by atoms with Gasteiger partial charge in [0, 0.05) is 0 Å². The van der Waals surface area contributed by atoms with E-state index in [2.05, 4.69) is 99.6 Å². The van der Waals surface area contributed by atoms with E-state index in [0.29, 0.717) is 0 Å². The molecule has 0 spiro atoms. The Balaban J connectivity index is 2.06. The molecule has 3 aromatic carbocycles. The van der Waals surface area contributed by atoms with Crippen LogP contribution in [0.4, 0.5) is 0 Å². The lowest BCUT2D eigenvalue weighted by atomic mass is 9.87. The summed E-state index contributed by atoms with van der Waals surface area (Å²) in [6.07, 6.45) is 0. The van der Waals surface area contributed by atoms with Gasteiger partial charge in [0.05, 0.1) is 0 Å². The van der Waals surface area contributed by atoms with E-state index >= 15 is 0 Å². The molecule has 0 aliphatic rings. The Morgan fingerprint density at radius 3 is 1.91 bits per heavy atom. The van der Waals surface area contributed by atoms with Crippen molar-refractivity contribution >= 4 is 24.4 Å².